The zero-order valence-electron chi connectivity index (χ0n) is 15.7. The Morgan fingerprint density at radius 2 is 1.59 bits per heavy atom. The number of sulfonamides is 1. The largest absolute Gasteiger partial charge is 0.308 e. The van der Waals surface area contributed by atoms with E-state index in [1.807, 2.05) is 19.0 Å². The molecule has 7 heteroatoms. The molecule has 0 aliphatic rings. The van der Waals surface area contributed by atoms with Crippen LogP contribution in [-0.2, 0) is 16.6 Å². The number of carbonyl (C=O) groups is 1. The molecule has 0 fully saturated rings. The van der Waals surface area contributed by atoms with Crippen molar-refractivity contribution in [2.75, 3.05) is 27.2 Å². The number of hydrogen-bond donors (Lipinski definition) is 0. The smallest absolute Gasteiger partial charge is 0.243 e. The van der Waals surface area contributed by atoms with Gasteiger partial charge in [0.2, 0.25) is 10.0 Å². The number of nitrogens with zero attached hydrogens (tertiary/aromatic N) is 3. The second-order valence-electron chi connectivity index (χ2n) is 6.53. The third-order valence-corrected chi connectivity index (χ3v) is 6.00. The lowest BCUT2D eigenvalue weighted by molar-refractivity contribution is 0.101. The normalized spacial score (nSPS) is 11.6. The summed E-state index contributed by atoms with van der Waals surface area (Å²) in [6.45, 7) is 2.54. The molecule has 2 rings (SSSR count). The van der Waals surface area contributed by atoms with Crippen molar-refractivity contribution >= 4 is 15.8 Å². The predicted molar refractivity (Wildman–Crippen MR) is 104 cm³/mol. The first kappa shape index (κ1) is 20.8. The van der Waals surface area contributed by atoms with Crippen molar-refractivity contribution in [1.29, 1.82) is 5.26 Å². The Morgan fingerprint density at radius 1 is 1.00 bits per heavy atom. The van der Waals surface area contributed by atoms with Gasteiger partial charge < -0.3 is 4.90 Å². The highest BCUT2D eigenvalue weighted by atomic mass is 32.2. The minimum Gasteiger partial charge on any atom is -0.308 e. The first-order chi connectivity index (χ1) is 12.7. The molecule has 0 bridgehead atoms. The van der Waals surface area contributed by atoms with Crippen LogP contribution in [0.5, 0.6) is 0 Å². The van der Waals surface area contributed by atoms with Crippen LogP contribution in [0.1, 0.15) is 28.4 Å². The summed E-state index contributed by atoms with van der Waals surface area (Å²) in [5.74, 6) is -0.110. The van der Waals surface area contributed by atoms with E-state index in [0.29, 0.717) is 24.2 Å². The Morgan fingerprint density at radius 3 is 2.07 bits per heavy atom. The summed E-state index contributed by atoms with van der Waals surface area (Å²) in [4.78, 5) is 13.5. The molecule has 0 saturated heterocycles. The number of benzene rings is 2. The fraction of sp³-hybridized carbons (Fsp3) is 0.300. The highest BCUT2D eigenvalue weighted by Gasteiger charge is 2.24. The molecular weight excluding hydrogens is 362 g/mol. The van der Waals surface area contributed by atoms with Gasteiger partial charge in [0, 0.05) is 25.2 Å². The molecule has 0 aliphatic carbocycles. The number of hydrogen-bond acceptors (Lipinski definition) is 5. The van der Waals surface area contributed by atoms with Gasteiger partial charge in [-0.05, 0) is 50.8 Å². The van der Waals surface area contributed by atoms with Crippen molar-refractivity contribution in [3.63, 3.8) is 0 Å². The van der Waals surface area contributed by atoms with Crippen LogP contribution in [0.4, 0.5) is 0 Å². The third-order valence-electron chi connectivity index (χ3n) is 4.14. The second-order valence-corrected chi connectivity index (χ2v) is 8.47. The molecule has 2 aromatic carbocycles. The monoisotopic (exact) mass is 385 g/mol. The van der Waals surface area contributed by atoms with E-state index in [9.17, 15) is 13.2 Å². The molecule has 0 spiro atoms. The van der Waals surface area contributed by atoms with Crippen LogP contribution in [0.2, 0.25) is 0 Å². The zero-order valence-corrected chi connectivity index (χ0v) is 16.5. The highest BCUT2D eigenvalue weighted by Crippen LogP contribution is 2.19. The average molecular weight is 385 g/mol. The van der Waals surface area contributed by atoms with E-state index in [-0.39, 0.29) is 17.2 Å². The maximum Gasteiger partial charge on any atom is 0.243 e. The molecule has 0 heterocycles. The van der Waals surface area contributed by atoms with Gasteiger partial charge in [-0.1, -0.05) is 24.3 Å². The van der Waals surface area contributed by atoms with E-state index in [4.69, 9.17) is 5.26 Å². The molecule has 142 valence electrons. The van der Waals surface area contributed by atoms with Crippen molar-refractivity contribution in [3.8, 4) is 6.07 Å². The maximum atomic E-state index is 13.1. The van der Waals surface area contributed by atoms with Crippen molar-refractivity contribution in [2.24, 2.45) is 0 Å². The van der Waals surface area contributed by atoms with Gasteiger partial charge in [-0.3, -0.25) is 4.79 Å². The van der Waals surface area contributed by atoms with Gasteiger partial charge in [0.1, 0.15) is 0 Å². The summed E-state index contributed by atoms with van der Waals surface area (Å²) in [7, 11) is 0.0435. The van der Waals surface area contributed by atoms with Gasteiger partial charge in [-0.2, -0.15) is 9.57 Å². The number of Topliss-reactive ketones (excluding diaryl/α,β-unsaturated/α-hetero) is 1. The molecule has 27 heavy (non-hydrogen) atoms. The molecular formula is C20H23N3O3S. The van der Waals surface area contributed by atoms with Crippen molar-refractivity contribution in [3.05, 3.63) is 65.2 Å². The van der Waals surface area contributed by atoms with E-state index < -0.39 is 10.0 Å². The number of ketones is 1. The number of likely N-dealkylation sites (N-methyl/N-ethyl adjacent to an activating group) is 1. The van der Waals surface area contributed by atoms with E-state index in [2.05, 4.69) is 6.07 Å². The van der Waals surface area contributed by atoms with Gasteiger partial charge in [0.15, 0.2) is 5.78 Å². The first-order valence-electron chi connectivity index (χ1n) is 8.49. The van der Waals surface area contributed by atoms with Gasteiger partial charge in [-0.25, -0.2) is 8.42 Å². The summed E-state index contributed by atoms with van der Waals surface area (Å²) in [6.07, 6.45) is 0. The predicted octanol–water partition coefficient (Wildman–Crippen LogP) is 2.51. The van der Waals surface area contributed by atoms with Crippen LogP contribution >= 0.6 is 0 Å². The average Bonchev–Trinajstić information content (AvgIpc) is 2.65. The Bertz CT molecular complexity index is 928. The van der Waals surface area contributed by atoms with Crippen LogP contribution in [0.25, 0.3) is 0 Å². The maximum absolute atomic E-state index is 13.1. The first-order valence-corrected chi connectivity index (χ1v) is 9.93. The molecule has 0 unspecified atom stereocenters. The van der Waals surface area contributed by atoms with E-state index in [1.165, 1.54) is 35.5 Å². The van der Waals surface area contributed by atoms with E-state index in [1.54, 1.807) is 24.3 Å². The van der Waals surface area contributed by atoms with Gasteiger partial charge in [0.05, 0.1) is 16.5 Å². The van der Waals surface area contributed by atoms with Crippen LogP contribution in [0.15, 0.2) is 53.4 Å². The molecule has 0 aromatic heterocycles. The lowest BCUT2D eigenvalue weighted by Crippen LogP contribution is -2.36. The molecule has 0 N–H and O–H groups in total. The summed E-state index contributed by atoms with van der Waals surface area (Å²) in [5, 5.41) is 8.91. The van der Waals surface area contributed by atoms with Gasteiger partial charge in [0.25, 0.3) is 0 Å². The number of nitriles is 1. The molecule has 0 aliphatic heterocycles. The summed E-state index contributed by atoms with van der Waals surface area (Å²) in [5.41, 5.74) is 1.80. The van der Waals surface area contributed by atoms with Crippen LogP contribution in [-0.4, -0.2) is 50.6 Å². The number of carbonyl (C=O) groups excluding carboxylic acids is 1. The van der Waals surface area contributed by atoms with Crippen molar-refractivity contribution < 1.29 is 13.2 Å². The quantitative estimate of drug-likeness (QED) is 0.652. The topological polar surface area (TPSA) is 81.5 Å². The molecule has 2 aromatic rings. The van der Waals surface area contributed by atoms with Crippen LogP contribution in [0.3, 0.4) is 0 Å². The molecule has 0 atom stereocenters. The Labute approximate surface area is 160 Å². The summed E-state index contributed by atoms with van der Waals surface area (Å²) < 4.78 is 27.7. The van der Waals surface area contributed by atoms with Crippen molar-refractivity contribution in [1.82, 2.24) is 9.21 Å². The Kier molecular flexibility index (Phi) is 6.86. The highest BCUT2D eigenvalue weighted by molar-refractivity contribution is 7.89. The molecule has 0 saturated carbocycles. The lowest BCUT2D eigenvalue weighted by Gasteiger charge is -2.24. The SMILES string of the molecule is CC(=O)c1ccc(S(=O)(=O)N(CCN(C)C)Cc2ccc(C#N)cc2)cc1. The molecule has 0 amide bonds. The third kappa shape index (κ3) is 5.47. The number of rotatable bonds is 8. The standard InChI is InChI=1S/C20H23N3O3S/c1-16(24)19-8-10-20(11-9-19)27(25,26)23(13-12-22(2)3)15-18-6-4-17(14-21)5-7-18/h4-11H,12-13,15H2,1-3H3. The van der Waals surface area contributed by atoms with Gasteiger partial charge in [-0.15, -0.1) is 0 Å². The van der Waals surface area contributed by atoms with Crippen LogP contribution in [0, 0.1) is 11.3 Å². The fourth-order valence-electron chi connectivity index (χ4n) is 2.49. The second kappa shape index (κ2) is 8.91. The molecule has 0 radical (unpaired) electrons. The summed E-state index contributed by atoms with van der Waals surface area (Å²) >= 11 is 0. The zero-order chi connectivity index (χ0) is 20.0. The Hall–Kier alpha value is -2.53. The lowest BCUT2D eigenvalue weighted by atomic mass is 10.1. The van der Waals surface area contributed by atoms with Crippen molar-refractivity contribution in [2.45, 2.75) is 18.4 Å². The molecule has 6 nitrogen and oxygen atoms in total. The minimum absolute atomic E-state index is 0.110. The Balaban J connectivity index is 2.32. The minimum atomic E-state index is -3.72. The summed E-state index contributed by atoms with van der Waals surface area (Å²) in [6, 6.07) is 14.9. The fourth-order valence-corrected chi connectivity index (χ4v) is 3.91. The van der Waals surface area contributed by atoms with E-state index >= 15 is 0 Å². The van der Waals surface area contributed by atoms with Crippen LogP contribution < -0.4 is 0 Å². The van der Waals surface area contributed by atoms with E-state index in [0.717, 1.165) is 5.56 Å². The van der Waals surface area contributed by atoms with Gasteiger partial charge >= 0.3 is 0 Å².